The molecule has 1 atom stereocenters. The van der Waals surface area contributed by atoms with E-state index in [2.05, 4.69) is 44.8 Å². The summed E-state index contributed by atoms with van der Waals surface area (Å²) in [6, 6.07) is 4.21. The van der Waals surface area contributed by atoms with Crippen LogP contribution in [0.4, 0.5) is 5.82 Å². The number of piperazine rings is 1. The third-order valence-corrected chi connectivity index (χ3v) is 5.69. The van der Waals surface area contributed by atoms with E-state index in [1.807, 2.05) is 16.8 Å². The summed E-state index contributed by atoms with van der Waals surface area (Å²) < 4.78 is 1.99. The van der Waals surface area contributed by atoms with Gasteiger partial charge in [0.05, 0.1) is 6.20 Å². The molecule has 2 saturated heterocycles. The van der Waals surface area contributed by atoms with E-state index < -0.39 is 0 Å². The largest absolute Gasteiger partial charge is 0.354 e. The van der Waals surface area contributed by atoms with Gasteiger partial charge in [-0.1, -0.05) is 6.92 Å². The molecule has 0 bridgehead atoms. The number of aromatic nitrogens is 3. The molecule has 0 N–H and O–H groups in total. The van der Waals surface area contributed by atoms with E-state index in [4.69, 9.17) is 0 Å². The number of anilines is 1. The standard InChI is InChI=1S/C19H30N6/c1-3-17-13-19(25-18(21-17)6-7-20-25)24-11-9-23(10-12-24)15-16-5-4-8-22(2)14-16/h6-7,13,16H,3-5,8-12,14-15H2,1-2H3/t16-/m1/s1. The number of likely N-dealkylation sites (tertiary alicyclic amines) is 1. The smallest absolute Gasteiger partial charge is 0.157 e. The molecule has 2 fully saturated rings. The highest BCUT2D eigenvalue weighted by Gasteiger charge is 2.24. The summed E-state index contributed by atoms with van der Waals surface area (Å²) >= 11 is 0. The van der Waals surface area contributed by atoms with Crippen molar-refractivity contribution in [2.45, 2.75) is 26.2 Å². The van der Waals surface area contributed by atoms with E-state index in [0.29, 0.717) is 0 Å². The molecule has 4 heterocycles. The Morgan fingerprint density at radius 1 is 1.16 bits per heavy atom. The Bertz CT molecular complexity index is 703. The van der Waals surface area contributed by atoms with E-state index in [1.54, 1.807) is 0 Å². The van der Waals surface area contributed by atoms with Crippen LogP contribution in [-0.4, -0.2) is 77.3 Å². The van der Waals surface area contributed by atoms with Gasteiger partial charge >= 0.3 is 0 Å². The molecule has 6 heteroatoms. The van der Waals surface area contributed by atoms with Gasteiger partial charge in [-0.2, -0.15) is 9.61 Å². The third kappa shape index (κ3) is 3.65. The minimum atomic E-state index is 0.843. The molecule has 0 radical (unpaired) electrons. The lowest BCUT2D eigenvalue weighted by molar-refractivity contribution is 0.147. The van der Waals surface area contributed by atoms with Gasteiger partial charge in [0.2, 0.25) is 0 Å². The Kier molecular flexibility index (Phi) is 4.90. The monoisotopic (exact) mass is 342 g/mol. The van der Waals surface area contributed by atoms with E-state index in [1.165, 1.54) is 38.3 Å². The topological polar surface area (TPSA) is 39.9 Å². The molecule has 4 rings (SSSR count). The number of aryl methyl sites for hydroxylation is 1. The molecule has 0 unspecified atom stereocenters. The molecule has 0 aliphatic carbocycles. The van der Waals surface area contributed by atoms with Crippen LogP contribution in [0.25, 0.3) is 5.65 Å². The van der Waals surface area contributed by atoms with Crippen LogP contribution in [0, 0.1) is 5.92 Å². The van der Waals surface area contributed by atoms with Gasteiger partial charge < -0.3 is 9.80 Å². The zero-order valence-electron chi connectivity index (χ0n) is 15.6. The van der Waals surface area contributed by atoms with Crippen LogP contribution in [0.1, 0.15) is 25.5 Å². The maximum Gasteiger partial charge on any atom is 0.157 e. The molecule has 2 aromatic heterocycles. The number of nitrogens with zero attached hydrogens (tertiary/aromatic N) is 6. The van der Waals surface area contributed by atoms with Crippen molar-refractivity contribution < 1.29 is 0 Å². The predicted octanol–water partition coefficient (Wildman–Crippen LogP) is 1.76. The average molecular weight is 342 g/mol. The lowest BCUT2D eigenvalue weighted by atomic mass is 9.97. The van der Waals surface area contributed by atoms with Crippen LogP contribution < -0.4 is 4.90 Å². The lowest BCUT2D eigenvalue weighted by Gasteiger charge is -2.39. The third-order valence-electron chi connectivity index (χ3n) is 5.69. The van der Waals surface area contributed by atoms with Crippen LogP contribution >= 0.6 is 0 Å². The molecular formula is C19H30N6. The Hall–Kier alpha value is -1.66. The fourth-order valence-electron chi connectivity index (χ4n) is 4.30. The summed E-state index contributed by atoms with van der Waals surface area (Å²) in [5, 5.41) is 4.48. The molecule has 2 aromatic rings. The summed E-state index contributed by atoms with van der Waals surface area (Å²) in [5.41, 5.74) is 2.11. The molecule has 25 heavy (non-hydrogen) atoms. The highest BCUT2D eigenvalue weighted by Crippen LogP contribution is 2.21. The lowest BCUT2D eigenvalue weighted by Crippen LogP contribution is -2.49. The highest BCUT2D eigenvalue weighted by atomic mass is 15.4. The van der Waals surface area contributed by atoms with E-state index in [0.717, 1.165) is 49.9 Å². The van der Waals surface area contributed by atoms with Crippen molar-refractivity contribution in [1.29, 1.82) is 0 Å². The van der Waals surface area contributed by atoms with Crippen molar-refractivity contribution in [3.8, 4) is 0 Å². The number of hydrogen-bond acceptors (Lipinski definition) is 5. The summed E-state index contributed by atoms with van der Waals surface area (Å²) in [6.07, 6.45) is 5.56. The molecule has 0 aromatic carbocycles. The van der Waals surface area contributed by atoms with Crippen LogP contribution in [0.3, 0.4) is 0 Å². The van der Waals surface area contributed by atoms with Crippen LogP contribution in [0.15, 0.2) is 18.3 Å². The van der Waals surface area contributed by atoms with Gasteiger partial charge in [-0.15, -0.1) is 0 Å². The van der Waals surface area contributed by atoms with Gasteiger partial charge in [0.25, 0.3) is 0 Å². The Labute approximate surface area is 150 Å². The Balaban J connectivity index is 1.41. The van der Waals surface area contributed by atoms with Crippen molar-refractivity contribution in [3.05, 3.63) is 24.0 Å². The van der Waals surface area contributed by atoms with Crippen molar-refractivity contribution in [2.75, 3.05) is 57.8 Å². The molecule has 2 aliphatic heterocycles. The molecule has 136 valence electrons. The first-order chi connectivity index (χ1) is 12.2. The number of piperidine rings is 1. The van der Waals surface area contributed by atoms with Crippen molar-refractivity contribution in [1.82, 2.24) is 24.4 Å². The highest BCUT2D eigenvalue weighted by molar-refractivity contribution is 5.51. The Morgan fingerprint density at radius 3 is 2.76 bits per heavy atom. The summed E-state index contributed by atoms with van der Waals surface area (Å²) in [7, 11) is 2.26. The van der Waals surface area contributed by atoms with Gasteiger partial charge in [0.1, 0.15) is 5.82 Å². The zero-order valence-corrected chi connectivity index (χ0v) is 15.6. The molecule has 2 aliphatic rings. The normalized spacial score (nSPS) is 23.4. The molecule has 0 spiro atoms. The minimum absolute atomic E-state index is 0.843. The molecular weight excluding hydrogens is 312 g/mol. The average Bonchev–Trinajstić information content (AvgIpc) is 3.10. The molecule has 6 nitrogen and oxygen atoms in total. The van der Waals surface area contributed by atoms with Crippen molar-refractivity contribution in [2.24, 2.45) is 5.92 Å². The predicted molar refractivity (Wildman–Crippen MR) is 101 cm³/mol. The maximum absolute atomic E-state index is 4.67. The second-order valence-corrected chi connectivity index (χ2v) is 7.62. The SMILES string of the molecule is CCc1cc(N2CCN(C[C@@H]3CCCN(C)C3)CC2)n2nccc2n1. The first kappa shape index (κ1) is 16.8. The maximum atomic E-state index is 4.67. The zero-order chi connectivity index (χ0) is 17.2. The van der Waals surface area contributed by atoms with Gasteiger partial charge in [-0.25, -0.2) is 4.98 Å². The Morgan fingerprint density at radius 2 is 2.00 bits per heavy atom. The quantitative estimate of drug-likeness (QED) is 0.847. The first-order valence-electron chi connectivity index (χ1n) is 9.72. The number of rotatable bonds is 4. The molecule has 0 amide bonds. The van der Waals surface area contributed by atoms with E-state index >= 15 is 0 Å². The minimum Gasteiger partial charge on any atom is -0.354 e. The van der Waals surface area contributed by atoms with Gasteiger partial charge in [-0.3, -0.25) is 4.90 Å². The molecule has 0 saturated carbocycles. The number of fused-ring (bicyclic) bond motifs is 1. The van der Waals surface area contributed by atoms with E-state index in [-0.39, 0.29) is 0 Å². The first-order valence-corrected chi connectivity index (χ1v) is 9.72. The van der Waals surface area contributed by atoms with Crippen LogP contribution in [0.2, 0.25) is 0 Å². The van der Waals surface area contributed by atoms with Crippen LogP contribution in [0.5, 0.6) is 0 Å². The van der Waals surface area contributed by atoms with Gasteiger partial charge in [0.15, 0.2) is 5.65 Å². The van der Waals surface area contributed by atoms with Crippen molar-refractivity contribution in [3.63, 3.8) is 0 Å². The second kappa shape index (κ2) is 7.30. The van der Waals surface area contributed by atoms with Gasteiger partial charge in [-0.05, 0) is 38.8 Å². The fourth-order valence-corrected chi connectivity index (χ4v) is 4.30. The summed E-state index contributed by atoms with van der Waals surface area (Å²) in [6.45, 7) is 10.4. The fraction of sp³-hybridized carbons (Fsp3) is 0.684. The van der Waals surface area contributed by atoms with E-state index in [9.17, 15) is 0 Å². The summed E-state index contributed by atoms with van der Waals surface area (Å²) in [4.78, 5) is 12.3. The second-order valence-electron chi connectivity index (χ2n) is 7.62. The van der Waals surface area contributed by atoms with Gasteiger partial charge in [0, 0.05) is 57.1 Å². The summed E-state index contributed by atoms with van der Waals surface area (Å²) in [5.74, 6) is 2.04. The van der Waals surface area contributed by atoms with Crippen molar-refractivity contribution >= 4 is 11.5 Å². The van der Waals surface area contributed by atoms with Crippen LogP contribution in [-0.2, 0) is 6.42 Å². The number of hydrogen-bond donors (Lipinski definition) is 0.